The minimum absolute atomic E-state index is 0.0778. The van der Waals surface area contributed by atoms with Gasteiger partial charge in [-0.25, -0.2) is 4.99 Å². The lowest BCUT2D eigenvalue weighted by molar-refractivity contribution is -0.130. The van der Waals surface area contributed by atoms with E-state index in [9.17, 15) is 4.79 Å². The summed E-state index contributed by atoms with van der Waals surface area (Å²) >= 11 is 0. The summed E-state index contributed by atoms with van der Waals surface area (Å²) in [6.07, 6.45) is 3.00. The van der Waals surface area contributed by atoms with Crippen LogP contribution in [0.15, 0.2) is 27.5 Å². The Kier molecular flexibility index (Phi) is 5.63. The second-order valence-corrected chi connectivity index (χ2v) is 6.80. The van der Waals surface area contributed by atoms with E-state index >= 15 is 0 Å². The minimum Gasteiger partial charge on any atom is -0.378 e. The summed E-state index contributed by atoms with van der Waals surface area (Å²) in [5, 5.41) is 3.48. The molecule has 0 radical (unpaired) electrons. The number of morpholine rings is 1. The number of amides is 1. The Morgan fingerprint density at radius 3 is 2.35 bits per heavy atom. The van der Waals surface area contributed by atoms with Crippen LogP contribution in [0.5, 0.6) is 0 Å². The van der Waals surface area contributed by atoms with E-state index < -0.39 is 0 Å². The highest BCUT2D eigenvalue weighted by atomic mass is 16.5. The van der Waals surface area contributed by atoms with Crippen LogP contribution in [0.3, 0.4) is 0 Å². The Bertz CT molecular complexity index is 534. The van der Waals surface area contributed by atoms with E-state index in [0.717, 1.165) is 41.8 Å². The van der Waals surface area contributed by atoms with Gasteiger partial charge in [0.15, 0.2) is 0 Å². The Labute approximate surface area is 139 Å². The van der Waals surface area contributed by atoms with Crippen LogP contribution in [-0.2, 0) is 9.53 Å². The normalized spacial score (nSPS) is 20.4. The first-order chi connectivity index (χ1) is 10.9. The van der Waals surface area contributed by atoms with Crippen molar-refractivity contribution in [2.24, 2.45) is 4.99 Å². The zero-order chi connectivity index (χ0) is 17.0. The predicted octanol–water partition coefficient (Wildman–Crippen LogP) is 2.65. The molecule has 1 N–H and O–H groups in total. The molecule has 1 saturated carbocycles. The molecule has 0 bridgehead atoms. The van der Waals surface area contributed by atoms with Gasteiger partial charge in [-0.05, 0) is 46.8 Å². The maximum Gasteiger partial charge on any atom is 0.254 e. The molecule has 5 heteroatoms. The van der Waals surface area contributed by atoms with Crippen LogP contribution >= 0.6 is 0 Å². The zero-order valence-electron chi connectivity index (χ0n) is 14.9. The fourth-order valence-electron chi connectivity index (χ4n) is 2.84. The van der Waals surface area contributed by atoms with E-state index in [0.29, 0.717) is 26.3 Å². The number of nitrogens with zero attached hydrogens (tertiary/aromatic N) is 2. The Morgan fingerprint density at radius 2 is 1.91 bits per heavy atom. The van der Waals surface area contributed by atoms with Gasteiger partial charge >= 0.3 is 0 Å². The van der Waals surface area contributed by atoms with E-state index in [-0.39, 0.29) is 11.4 Å². The third-order valence-corrected chi connectivity index (χ3v) is 4.53. The minimum atomic E-state index is 0.0778. The van der Waals surface area contributed by atoms with E-state index in [2.05, 4.69) is 30.9 Å². The number of carbonyl (C=O) groups is 1. The number of allylic oxidation sites excluding steroid dienone is 1. The maximum atomic E-state index is 13.0. The van der Waals surface area contributed by atoms with Crippen molar-refractivity contribution in [1.29, 1.82) is 0 Å². The summed E-state index contributed by atoms with van der Waals surface area (Å²) in [5.74, 6) is 0.833. The molecule has 0 atom stereocenters. The monoisotopic (exact) mass is 319 g/mol. The van der Waals surface area contributed by atoms with Crippen molar-refractivity contribution in [3.8, 4) is 0 Å². The van der Waals surface area contributed by atoms with Crippen LogP contribution < -0.4 is 5.32 Å². The maximum absolute atomic E-state index is 13.0. The highest BCUT2D eigenvalue weighted by molar-refractivity contribution is 5.98. The molecule has 1 aliphatic carbocycles. The predicted molar refractivity (Wildman–Crippen MR) is 93.4 cm³/mol. The van der Waals surface area contributed by atoms with Gasteiger partial charge in [0.2, 0.25) is 0 Å². The molecule has 5 nitrogen and oxygen atoms in total. The fraction of sp³-hybridized carbons (Fsp3) is 0.667. The van der Waals surface area contributed by atoms with Crippen LogP contribution in [-0.4, -0.2) is 49.4 Å². The van der Waals surface area contributed by atoms with E-state index in [1.165, 1.54) is 0 Å². The average molecular weight is 319 g/mol. The van der Waals surface area contributed by atoms with Gasteiger partial charge in [-0.3, -0.25) is 4.79 Å². The fourth-order valence-corrected chi connectivity index (χ4v) is 2.84. The van der Waals surface area contributed by atoms with Crippen LogP contribution in [0.1, 0.15) is 47.0 Å². The number of carbonyl (C=O) groups excluding carboxylic acids is 1. The first-order valence-electron chi connectivity index (χ1n) is 8.45. The smallest absolute Gasteiger partial charge is 0.254 e. The molecule has 0 spiro atoms. The van der Waals surface area contributed by atoms with E-state index in [1.54, 1.807) is 0 Å². The van der Waals surface area contributed by atoms with Crippen molar-refractivity contribution in [1.82, 2.24) is 10.2 Å². The van der Waals surface area contributed by atoms with Crippen molar-refractivity contribution < 1.29 is 9.53 Å². The van der Waals surface area contributed by atoms with Crippen molar-refractivity contribution >= 4 is 12.6 Å². The van der Waals surface area contributed by atoms with E-state index in [1.807, 2.05) is 18.7 Å². The number of hydrogen-bond donors (Lipinski definition) is 1. The SMILES string of the molecule is C=N/C(NC1(C)CC1)=C(\CC)C(C(=O)N1CCOCC1)=C(C)C. The van der Waals surface area contributed by atoms with E-state index in [4.69, 9.17) is 4.74 Å². The molecule has 2 fully saturated rings. The molecule has 1 heterocycles. The molecule has 1 saturated heterocycles. The molecule has 128 valence electrons. The van der Waals surface area contributed by atoms with Crippen LogP contribution in [0.25, 0.3) is 0 Å². The number of aliphatic imine (C=N–C) groups is 1. The molecule has 0 aromatic carbocycles. The summed E-state index contributed by atoms with van der Waals surface area (Å²) in [7, 11) is 0. The Balaban J connectivity index is 2.34. The van der Waals surface area contributed by atoms with Crippen LogP contribution in [0.2, 0.25) is 0 Å². The highest BCUT2D eigenvalue weighted by Gasteiger charge is 2.38. The van der Waals surface area contributed by atoms with Gasteiger partial charge in [0, 0.05) is 29.8 Å². The summed E-state index contributed by atoms with van der Waals surface area (Å²) in [4.78, 5) is 19.1. The van der Waals surface area contributed by atoms with Gasteiger partial charge in [0.25, 0.3) is 5.91 Å². The summed E-state index contributed by atoms with van der Waals surface area (Å²) < 4.78 is 5.36. The quantitative estimate of drug-likeness (QED) is 0.465. The van der Waals surface area contributed by atoms with Crippen molar-refractivity contribution in [3.63, 3.8) is 0 Å². The first kappa shape index (κ1) is 17.7. The molecule has 23 heavy (non-hydrogen) atoms. The molecular weight excluding hydrogens is 290 g/mol. The largest absolute Gasteiger partial charge is 0.378 e. The van der Waals surface area contributed by atoms with Crippen LogP contribution in [0, 0.1) is 0 Å². The molecule has 1 aliphatic heterocycles. The summed E-state index contributed by atoms with van der Waals surface area (Å²) in [5.41, 5.74) is 2.85. The average Bonchev–Trinajstić information content (AvgIpc) is 3.28. The third-order valence-electron chi connectivity index (χ3n) is 4.53. The lowest BCUT2D eigenvalue weighted by Gasteiger charge is -2.29. The molecule has 2 aliphatic rings. The highest BCUT2D eigenvalue weighted by Crippen LogP contribution is 2.36. The lowest BCUT2D eigenvalue weighted by Crippen LogP contribution is -2.42. The molecule has 2 rings (SSSR count). The molecule has 0 unspecified atom stereocenters. The van der Waals surface area contributed by atoms with Crippen LogP contribution in [0.4, 0.5) is 0 Å². The summed E-state index contributed by atoms with van der Waals surface area (Å²) in [6, 6.07) is 0. The third kappa shape index (κ3) is 4.22. The number of hydrogen-bond acceptors (Lipinski definition) is 4. The standard InChI is InChI=1S/C18H29N3O2/c1-6-14(16(19-5)20-18(4)7-8-18)15(13(2)3)17(22)21-9-11-23-12-10-21/h20H,5-12H2,1-4H3/b16-14-. The molecule has 0 aromatic rings. The van der Waals surface area contributed by atoms with Gasteiger partial charge in [-0.1, -0.05) is 12.5 Å². The van der Waals surface area contributed by atoms with Gasteiger partial charge < -0.3 is 15.0 Å². The second-order valence-electron chi connectivity index (χ2n) is 6.80. The van der Waals surface area contributed by atoms with Crippen molar-refractivity contribution in [2.45, 2.75) is 52.5 Å². The second kappa shape index (κ2) is 7.30. The Morgan fingerprint density at radius 1 is 1.30 bits per heavy atom. The Hall–Kier alpha value is -1.62. The number of nitrogens with one attached hydrogen (secondary N) is 1. The number of ether oxygens (including phenoxy) is 1. The van der Waals surface area contributed by atoms with Gasteiger partial charge in [0.05, 0.1) is 13.2 Å². The van der Waals surface area contributed by atoms with Crippen molar-refractivity contribution in [3.05, 3.63) is 22.5 Å². The van der Waals surface area contributed by atoms with Crippen molar-refractivity contribution in [2.75, 3.05) is 26.3 Å². The molecule has 1 amide bonds. The van der Waals surface area contributed by atoms with Gasteiger partial charge in [-0.15, -0.1) is 0 Å². The van der Waals surface area contributed by atoms with Gasteiger partial charge in [0.1, 0.15) is 5.82 Å². The number of rotatable bonds is 6. The summed E-state index contributed by atoms with van der Waals surface area (Å²) in [6.45, 7) is 14.4. The van der Waals surface area contributed by atoms with Gasteiger partial charge in [-0.2, -0.15) is 0 Å². The topological polar surface area (TPSA) is 53.9 Å². The zero-order valence-corrected chi connectivity index (χ0v) is 14.9. The first-order valence-corrected chi connectivity index (χ1v) is 8.45. The molecule has 0 aromatic heterocycles. The molecular formula is C18H29N3O2. The lowest BCUT2D eigenvalue weighted by atomic mass is 9.97.